The van der Waals surface area contributed by atoms with Gasteiger partial charge in [-0.25, -0.2) is 4.79 Å². The van der Waals surface area contributed by atoms with E-state index in [0.717, 1.165) is 19.3 Å². The van der Waals surface area contributed by atoms with Crippen LogP contribution in [0.1, 0.15) is 32.6 Å². The lowest BCUT2D eigenvalue weighted by atomic mass is 9.91. The van der Waals surface area contributed by atoms with Crippen molar-refractivity contribution in [3.05, 3.63) is 23.8 Å². The van der Waals surface area contributed by atoms with E-state index in [1.54, 1.807) is 19.3 Å². The molecule has 0 spiro atoms. The largest absolute Gasteiger partial charge is 0.385 e. The van der Waals surface area contributed by atoms with Gasteiger partial charge in [-0.15, -0.1) is 0 Å². The topological polar surface area (TPSA) is 88.1 Å². The number of imide groups is 1. The van der Waals surface area contributed by atoms with Crippen LogP contribution >= 0.6 is 0 Å². The average molecular weight is 347 g/mol. The summed E-state index contributed by atoms with van der Waals surface area (Å²) in [6.07, 6.45) is 8.25. The fraction of sp³-hybridized carbons (Fsp3) is 0.556. The number of carbonyl (C=O) groups excluding carboxylic acids is 3. The predicted molar refractivity (Wildman–Crippen MR) is 94.3 cm³/mol. The standard InChI is InChI=1S/C18H25N3O4/c1-3-4-5-10-21-17(23)14-8-7-13(12-15(14)20-18(21)24)16(22)19-9-6-11-25-2/h7-8,12,14H,3-6,9-11H2,1-2H3,(H,19,22). The first-order valence-electron chi connectivity index (χ1n) is 8.69. The van der Waals surface area contributed by atoms with E-state index in [1.807, 2.05) is 0 Å². The second kappa shape index (κ2) is 9.27. The Morgan fingerprint density at radius 3 is 2.84 bits per heavy atom. The number of urea groups is 1. The van der Waals surface area contributed by atoms with E-state index in [0.29, 0.717) is 37.4 Å². The van der Waals surface area contributed by atoms with E-state index in [9.17, 15) is 14.4 Å². The number of rotatable bonds is 9. The van der Waals surface area contributed by atoms with Crippen molar-refractivity contribution in [2.45, 2.75) is 32.6 Å². The van der Waals surface area contributed by atoms with Crippen molar-refractivity contribution in [1.82, 2.24) is 10.2 Å². The van der Waals surface area contributed by atoms with E-state index < -0.39 is 11.9 Å². The van der Waals surface area contributed by atoms with Gasteiger partial charge in [0.25, 0.3) is 5.91 Å². The van der Waals surface area contributed by atoms with Crippen molar-refractivity contribution in [1.29, 1.82) is 0 Å². The fourth-order valence-electron chi connectivity index (χ4n) is 2.73. The molecule has 0 fully saturated rings. The minimum absolute atomic E-state index is 0.251. The highest BCUT2D eigenvalue weighted by Gasteiger charge is 2.36. The molecule has 1 unspecified atom stereocenters. The quantitative estimate of drug-likeness (QED) is 0.645. The number of methoxy groups -OCH3 is 1. The molecule has 7 heteroatoms. The van der Waals surface area contributed by atoms with Crippen LogP contribution in [0.3, 0.4) is 0 Å². The zero-order valence-electron chi connectivity index (χ0n) is 14.8. The molecule has 1 N–H and O–H groups in total. The van der Waals surface area contributed by atoms with Gasteiger partial charge in [-0.2, -0.15) is 4.99 Å². The van der Waals surface area contributed by atoms with Crippen LogP contribution < -0.4 is 5.32 Å². The van der Waals surface area contributed by atoms with Crippen molar-refractivity contribution in [2.24, 2.45) is 10.9 Å². The molecule has 0 radical (unpaired) electrons. The van der Waals surface area contributed by atoms with Gasteiger partial charge >= 0.3 is 6.03 Å². The molecule has 4 amide bonds. The maximum absolute atomic E-state index is 12.5. The van der Waals surface area contributed by atoms with Gasteiger partial charge < -0.3 is 10.1 Å². The second-order valence-corrected chi connectivity index (χ2v) is 6.05. The Bertz CT molecular complexity index is 622. The third kappa shape index (κ3) is 4.85. The van der Waals surface area contributed by atoms with E-state index in [2.05, 4.69) is 17.2 Å². The molecule has 0 aromatic carbocycles. The van der Waals surface area contributed by atoms with Crippen LogP contribution in [0.25, 0.3) is 0 Å². The Morgan fingerprint density at radius 2 is 2.12 bits per heavy atom. The van der Waals surface area contributed by atoms with Gasteiger partial charge in [0.15, 0.2) is 0 Å². The Hall–Kier alpha value is -2.28. The minimum atomic E-state index is -0.579. The van der Waals surface area contributed by atoms with Crippen molar-refractivity contribution in [3.63, 3.8) is 0 Å². The molecule has 1 atom stereocenters. The molecule has 0 saturated carbocycles. The van der Waals surface area contributed by atoms with Crippen LogP contribution in [-0.2, 0) is 14.3 Å². The highest BCUT2D eigenvalue weighted by atomic mass is 16.5. The lowest BCUT2D eigenvalue weighted by molar-refractivity contribution is -0.129. The molecular weight excluding hydrogens is 322 g/mol. The van der Waals surface area contributed by atoms with E-state index in [4.69, 9.17) is 4.74 Å². The minimum Gasteiger partial charge on any atom is -0.385 e. The van der Waals surface area contributed by atoms with E-state index in [1.165, 1.54) is 11.0 Å². The van der Waals surface area contributed by atoms with Gasteiger partial charge in [0, 0.05) is 32.4 Å². The van der Waals surface area contributed by atoms with Gasteiger partial charge in [-0.05, 0) is 18.9 Å². The van der Waals surface area contributed by atoms with Gasteiger partial charge in [-0.1, -0.05) is 31.9 Å². The smallest absolute Gasteiger partial charge is 0.350 e. The summed E-state index contributed by atoms with van der Waals surface area (Å²) in [4.78, 5) is 42.0. The highest BCUT2D eigenvalue weighted by Crippen LogP contribution is 2.22. The number of unbranched alkanes of at least 4 members (excludes halogenated alkanes) is 2. The molecule has 0 saturated heterocycles. The number of amides is 4. The van der Waals surface area contributed by atoms with Crippen molar-refractivity contribution in [3.8, 4) is 0 Å². The molecule has 1 aliphatic heterocycles. The Labute approximate surface area is 147 Å². The molecule has 136 valence electrons. The van der Waals surface area contributed by atoms with Gasteiger partial charge in [0.2, 0.25) is 5.91 Å². The van der Waals surface area contributed by atoms with Crippen LogP contribution in [0.5, 0.6) is 0 Å². The first-order chi connectivity index (χ1) is 12.1. The van der Waals surface area contributed by atoms with Gasteiger partial charge in [-0.3, -0.25) is 14.5 Å². The monoisotopic (exact) mass is 347 g/mol. The van der Waals surface area contributed by atoms with Crippen LogP contribution in [0.4, 0.5) is 4.79 Å². The molecule has 25 heavy (non-hydrogen) atoms. The van der Waals surface area contributed by atoms with Crippen LogP contribution in [0.2, 0.25) is 0 Å². The zero-order valence-corrected chi connectivity index (χ0v) is 14.8. The van der Waals surface area contributed by atoms with E-state index >= 15 is 0 Å². The molecular formula is C18H25N3O4. The van der Waals surface area contributed by atoms with Crippen molar-refractivity contribution >= 4 is 23.6 Å². The number of ether oxygens (including phenoxy) is 1. The predicted octanol–water partition coefficient (Wildman–Crippen LogP) is 1.84. The van der Waals surface area contributed by atoms with Crippen molar-refractivity contribution in [2.75, 3.05) is 26.8 Å². The fourth-order valence-corrected chi connectivity index (χ4v) is 2.73. The van der Waals surface area contributed by atoms with Crippen LogP contribution in [-0.4, -0.2) is 55.3 Å². The van der Waals surface area contributed by atoms with E-state index in [-0.39, 0.29) is 11.8 Å². The summed E-state index contributed by atoms with van der Waals surface area (Å²) < 4.78 is 4.93. The molecule has 0 bridgehead atoms. The summed E-state index contributed by atoms with van der Waals surface area (Å²) in [6.45, 7) is 3.52. The normalized spacial score (nSPS) is 19.4. The Kier molecular flexibility index (Phi) is 7.06. The summed E-state index contributed by atoms with van der Waals surface area (Å²) in [7, 11) is 1.61. The van der Waals surface area contributed by atoms with Crippen LogP contribution in [0.15, 0.2) is 28.8 Å². The van der Waals surface area contributed by atoms with Gasteiger partial charge in [0.1, 0.15) is 0 Å². The number of nitrogens with zero attached hydrogens (tertiary/aromatic N) is 2. The third-order valence-corrected chi connectivity index (χ3v) is 4.14. The number of carbonyl (C=O) groups is 3. The van der Waals surface area contributed by atoms with Crippen molar-refractivity contribution < 1.29 is 19.1 Å². The highest BCUT2D eigenvalue weighted by molar-refractivity contribution is 6.23. The summed E-state index contributed by atoms with van der Waals surface area (Å²) in [5.74, 6) is -1.10. The zero-order chi connectivity index (χ0) is 18.2. The average Bonchev–Trinajstić information content (AvgIpc) is 2.61. The summed E-state index contributed by atoms with van der Waals surface area (Å²) >= 11 is 0. The second-order valence-electron chi connectivity index (χ2n) is 6.05. The third-order valence-electron chi connectivity index (χ3n) is 4.14. The molecule has 2 rings (SSSR count). The van der Waals surface area contributed by atoms with Gasteiger partial charge in [0.05, 0.1) is 11.6 Å². The maximum Gasteiger partial charge on any atom is 0.350 e. The Balaban J connectivity index is 2.02. The summed E-state index contributed by atoms with van der Waals surface area (Å²) in [6, 6.07) is -0.543. The molecule has 0 aromatic heterocycles. The first-order valence-corrected chi connectivity index (χ1v) is 8.69. The number of hydrogen-bond acceptors (Lipinski definition) is 4. The van der Waals surface area contributed by atoms with Crippen LogP contribution in [0, 0.1) is 5.92 Å². The number of aliphatic imine (C=N–C) groups is 1. The lowest BCUT2D eigenvalue weighted by Crippen LogP contribution is -2.46. The number of fused-ring (bicyclic) bond motifs is 1. The number of allylic oxidation sites excluding steroid dienone is 1. The summed E-state index contributed by atoms with van der Waals surface area (Å²) in [5.41, 5.74) is 0.735. The molecule has 7 nitrogen and oxygen atoms in total. The Morgan fingerprint density at radius 1 is 1.32 bits per heavy atom. The summed E-state index contributed by atoms with van der Waals surface area (Å²) in [5, 5.41) is 2.77. The molecule has 2 aliphatic rings. The maximum atomic E-state index is 12.5. The first kappa shape index (κ1) is 19.1. The lowest BCUT2D eigenvalue weighted by Gasteiger charge is -2.29. The SMILES string of the molecule is CCCCCN1C(=O)N=C2C=C(C(=O)NCCCOC)C=CC2C1=O. The molecule has 0 aromatic rings. The molecule has 1 aliphatic carbocycles. The molecule has 1 heterocycles. The number of nitrogens with one attached hydrogen (secondary N) is 1. The number of hydrogen-bond donors (Lipinski definition) is 1.